The smallest absolute Gasteiger partial charge is 0.135 e. The third kappa shape index (κ3) is 2.79. The van der Waals surface area contributed by atoms with Gasteiger partial charge in [0.1, 0.15) is 11.1 Å². The van der Waals surface area contributed by atoms with Crippen molar-refractivity contribution in [1.82, 2.24) is 4.98 Å². The van der Waals surface area contributed by atoms with E-state index in [1.165, 1.54) is 18.5 Å². The first-order chi connectivity index (χ1) is 11.8. The molecule has 2 aromatic carbocycles. The Morgan fingerprint density at radius 3 is 2.62 bits per heavy atom. The van der Waals surface area contributed by atoms with Gasteiger partial charge in [0, 0.05) is 18.8 Å². The molecule has 3 aromatic rings. The molecule has 0 radical (unpaired) electrons. The van der Waals surface area contributed by atoms with Crippen molar-refractivity contribution < 1.29 is 0 Å². The van der Waals surface area contributed by atoms with E-state index in [4.69, 9.17) is 0 Å². The zero-order valence-corrected chi connectivity index (χ0v) is 14.1. The van der Waals surface area contributed by atoms with E-state index < -0.39 is 0 Å². The zero-order valence-electron chi connectivity index (χ0n) is 13.3. The van der Waals surface area contributed by atoms with Crippen LogP contribution in [0.1, 0.15) is 23.4 Å². The summed E-state index contributed by atoms with van der Waals surface area (Å²) in [5.41, 5.74) is 3.88. The van der Waals surface area contributed by atoms with Gasteiger partial charge < -0.3 is 4.90 Å². The molecular formula is C20H17N3S. The lowest BCUT2D eigenvalue weighted by Gasteiger charge is -2.20. The molecule has 24 heavy (non-hydrogen) atoms. The number of thiazole rings is 1. The molecule has 0 saturated carbocycles. The number of para-hydroxylation sites is 2. The normalized spacial score (nSPS) is 15.0. The number of hydrogen-bond donors (Lipinski definition) is 0. The summed E-state index contributed by atoms with van der Waals surface area (Å²) in [5.74, 6) is 0. The van der Waals surface area contributed by atoms with Crippen LogP contribution in [0, 0.1) is 11.3 Å². The predicted molar refractivity (Wildman–Crippen MR) is 101 cm³/mol. The van der Waals surface area contributed by atoms with Crippen LogP contribution in [-0.4, -0.2) is 18.1 Å². The predicted octanol–water partition coefficient (Wildman–Crippen LogP) is 4.96. The molecule has 4 heteroatoms. The van der Waals surface area contributed by atoms with E-state index in [0.717, 1.165) is 33.9 Å². The van der Waals surface area contributed by atoms with Gasteiger partial charge in [0.25, 0.3) is 0 Å². The summed E-state index contributed by atoms with van der Waals surface area (Å²) in [4.78, 5) is 7.02. The van der Waals surface area contributed by atoms with Gasteiger partial charge in [0.15, 0.2) is 0 Å². The lowest BCUT2D eigenvalue weighted by atomic mass is 10.1. The molecule has 0 atom stereocenters. The minimum atomic E-state index is 0.628. The second-order valence-corrected chi connectivity index (χ2v) is 6.94. The Kier molecular flexibility index (Phi) is 4.02. The first kappa shape index (κ1) is 14.9. The Labute approximate surface area is 145 Å². The second kappa shape index (κ2) is 6.46. The molecule has 0 unspecified atom stereocenters. The molecule has 1 aromatic heterocycles. The van der Waals surface area contributed by atoms with Crippen LogP contribution in [-0.2, 0) is 0 Å². The van der Waals surface area contributed by atoms with E-state index in [9.17, 15) is 5.26 Å². The largest absolute Gasteiger partial charge is 0.371 e. The van der Waals surface area contributed by atoms with Gasteiger partial charge in [-0.25, -0.2) is 4.98 Å². The number of aromatic nitrogens is 1. The zero-order chi connectivity index (χ0) is 16.4. The van der Waals surface area contributed by atoms with Crippen molar-refractivity contribution in [3.63, 3.8) is 0 Å². The van der Waals surface area contributed by atoms with Crippen molar-refractivity contribution >= 4 is 38.9 Å². The number of hydrogen-bond acceptors (Lipinski definition) is 4. The van der Waals surface area contributed by atoms with Crippen LogP contribution in [0.3, 0.4) is 0 Å². The fraction of sp³-hybridized carbons (Fsp3) is 0.200. The van der Waals surface area contributed by atoms with Crippen LogP contribution in [0.25, 0.3) is 21.9 Å². The van der Waals surface area contributed by atoms with Crippen molar-refractivity contribution in [2.45, 2.75) is 12.8 Å². The molecule has 1 saturated heterocycles. The van der Waals surface area contributed by atoms with Crippen molar-refractivity contribution in [2.75, 3.05) is 18.0 Å². The molecule has 0 spiro atoms. The maximum Gasteiger partial charge on any atom is 0.135 e. The number of allylic oxidation sites excluding steroid dienone is 1. The number of anilines is 1. The monoisotopic (exact) mass is 331 g/mol. The van der Waals surface area contributed by atoms with E-state index in [-0.39, 0.29) is 0 Å². The highest BCUT2D eigenvalue weighted by molar-refractivity contribution is 7.19. The molecule has 1 aliphatic heterocycles. The summed E-state index contributed by atoms with van der Waals surface area (Å²) in [7, 11) is 0. The number of nitriles is 1. The maximum atomic E-state index is 9.66. The van der Waals surface area contributed by atoms with Gasteiger partial charge in [-0.2, -0.15) is 5.26 Å². The van der Waals surface area contributed by atoms with Gasteiger partial charge >= 0.3 is 0 Å². The van der Waals surface area contributed by atoms with Gasteiger partial charge in [-0.05, 0) is 42.7 Å². The van der Waals surface area contributed by atoms with Gasteiger partial charge in [-0.1, -0.05) is 30.3 Å². The summed E-state index contributed by atoms with van der Waals surface area (Å²) in [6.45, 7) is 2.18. The third-order valence-electron chi connectivity index (χ3n) is 4.33. The quantitative estimate of drug-likeness (QED) is 0.637. The van der Waals surface area contributed by atoms with Gasteiger partial charge in [0.2, 0.25) is 0 Å². The molecule has 4 rings (SSSR count). The van der Waals surface area contributed by atoms with Crippen molar-refractivity contribution in [3.05, 3.63) is 59.1 Å². The molecule has 2 heterocycles. The van der Waals surface area contributed by atoms with Crippen LogP contribution >= 0.6 is 11.3 Å². The average Bonchev–Trinajstić information content (AvgIpc) is 3.29. The van der Waals surface area contributed by atoms with Gasteiger partial charge in [-0.3, -0.25) is 0 Å². The Morgan fingerprint density at radius 2 is 1.83 bits per heavy atom. The minimum absolute atomic E-state index is 0.628. The summed E-state index contributed by atoms with van der Waals surface area (Å²) >= 11 is 1.57. The molecule has 0 bridgehead atoms. The highest BCUT2D eigenvalue weighted by atomic mass is 32.1. The maximum absolute atomic E-state index is 9.66. The SMILES string of the molecule is N#C/C(=C\c1ccccc1N1CCCC1)c1nc2ccccc2s1. The summed E-state index contributed by atoms with van der Waals surface area (Å²) < 4.78 is 1.11. The Bertz CT molecular complexity index is 910. The summed E-state index contributed by atoms with van der Waals surface area (Å²) in [6.07, 6.45) is 4.45. The van der Waals surface area contributed by atoms with E-state index >= 15 is 0 Å². The molecule has 118 valence electrons. The minimum Gasteiger partial charge on any atom is -0.371 e. The fourth-order valence-electron chi connectivity index (χ4n) is 3.14. The van der Waals surface area contributed by atoms with E-state index in [1.54, 1.807) is 11.3 Å². The topological polar surface area (TPSA) is 39.9 Å². The van der Waals surface area contributed by atoms with Crippen molar-refractivity contribution in [3.8, 4) is 6.07 Å². The molecule has 0 aliphatic carbocycles. The molecule has 0 N–H and O–H groups in total. The number of benzene rings is 2. The fourth-order valence-corrected chi connectivity index (χ4v) is 4.07. The Balaban J connectivity index is 1.77. The Morgan fingerprint density at radius 1 is 1.08 bits per heavy atom. The number of rotatable bonds is 3. The molecule has 0 amide bonds. The lowest BCUT2D eigenvalue weighted by Crippen LogP contribution is -2.18. The second-order valence-electron chi connectivity index (χ2n) is 5.91. The molecule has 3 nitrogen and oxygen atoms in total. The summed E-state index contributed by atoms with van der Waals surface area (Å²) in [5, 5.41) is 10.4. The van der Waals surface area contributed by atoms with Crippen LogP contribution < -0.4 is 4.90 Å². The molecule has 1 fully saturated rings. The lowest BCUT2D eigenvalue weighted by molar-refractivity contribution is 0.949. The summed E-state index contributed by atoms with van der Waals surface area (Å²) in [6, 6.07) is 18.7. The highest BCUT2D eigenvalue weighted by Crippen LogP contribution is 2.31. The van der Waals surface area contributed by atoms with Crippen LogP contribution in [0.2, 0.25) is 0 Å². The van der Waals surface area contributed by atoms with E-state index in [2.05, 4.69) is 34.2 Å². The van der Waals surface area contributed by atoms with Crippen LogP contribution in [0.5, 0.6) is 0 Å². The van der Waals surface area contributed by atoms with E-state index in [1.807, 2.05) is 36.4 Å². The third-order valence-corrected chi connectivity index (χ3v) is 5.40. The van der Waals surface area contributed by atoms with E-state index in [0.29, 0.717) is 5.57 Å². The Hall–Kier alpha value is -2.64. The first-order valence-electron chi connectivity index (χ1n) is 8.17. The van der Waals surface area contributed by atoms with Gasteiger partial charge in [0.05, 0.1) is 15.8 Å². The average molecular weight is 331 g/mol. The van der Waals surface area contributed by atoms with Gasteiger partial charge in [-0.15, -0.1) is 11.3 Å². The molecule has 1 aliphatic rings. The van der Waals surface area contributed by atoms with Crippen LogP contribution in [0.4, 0.5) is 5.69 Å². The highest BCUT2D eigenvalue weighted by Gasteiger charge is 2.15. The first-order valence-corrected chi connectivity index (χ1v) is 8.98. The number of fused-ring (bicyclic) bond motifs is 1. The van der Waals surface area contributed by atoms with Crippen LogP contribution in [0.15, 0.2) is 48.5 Å². The number of nitrogens with zero attached hydrogens (tertiary/aromatic N) is 3. The van der Waals surface area contributed by atoms with Crippen molar-refractivity contribution in [1.29, 1.82) is 5.26 Å². The molecular weight excluding hydrogens is 314 g/mol. The van der Waals surface area contributed by atoms with Crippen molar-refractivity contribution in [2.24, 2.45) is 0 Å². The standard InChI is InChI=1S/C20H17N3S/c21-14-16(20-22-17-8-2-4-10-19(17)24-20)13-15-7-1-3-9-18(15)23-11-5-6-12-23/h1-4,7-10,13H,5-6,11-12H2/b16-13+.